The van der Waals surface area contributed by atoms with Crippen molar-refractivity contribution in [1.82, 2.24) is 15.3 Å². The lowest BCUT2D eigenvalue weighted by Gasteiger charge is -2.37. The number of amides is 3. The van der Waals surface area contributed by atoms with E-state index in [-0.39, 0.29) is 33.4 Å². The van der Waals surface area contributed by atoms with E-state index in [1.165, 1.54) is 18.5 Å². The molecule has 40 heavy (non-hydrogen) atoms. The molecule has 3 amide bonds. The van der Waals surface area contributed by atoms with Crippen molar-refractivity contribution in [3.63, 3.8) is 0 Å². The first-order valence-electron chi connectivity index (χ1n) is 12.6. The van der Waals surface area contributed by atoms with Crippen molar-refractivity contribution < 1.29 is 18.8 Å². The fourth-order valence-corrected chi connectivity index (χ4v) is 6.25. The topological polar surface area (TPSA) is 139 Å². The van der Waals surface area contributed by atoms with Gasteiger partial charge in [-0.1, -0.05) is 62.2 Å². The van der Waals surface area contributed by atoms with Crippen LogP contribution >= 0.6 is 23.2 Å². The number of nitrogens with two attached hydrogens (primary N) is 1. The molecule has 0 unspecified atom stereocenters. The second-order valence-corrected chi connectivity index (χ2v) is 12.1. The van der Waals surface area contributed by atoms with Crippen LogP contribution in [0.4, 0.5) is 15.8 Å². The Morgan fingerprint density at radius 2 is 1.85 bits per heavy atom. The van der Waals surface area contributed by atoms with Crippen LogP contribution in [0.5, 0.6) is 0 Å². The number of nitrogens with one attached hydrogen (secondary N) is 3. The van der Waals surface area contributed by atoms with E-state index in [0.29, 0.717) is 22.7 Å². The van der Waals surface area contributed by atoms with Crippen molar-refractivity contribution in [1.29, 1.82) is 0 Å². The summed E-state index contributed by atoms with van der Waals surface area (Å²) in [5, 5.41) is 9.34. The fourth-order valence-electron chi connectivity index (χ4n) is 5.89. The molecule has 1 fully saturated rings. The molecule has 3 heterocycles. The predicted molar refractivity (Wildman–Crippen MR) is 150 cm³/mol. The zero-order valence-corrected chi connectivity index (χ0v) is 23.4. The molecule has 9 nitrogen and oxygen atoms in total. The maximum absolute atomic E-state index is 15.8. The average Bonchev–Trinajstić information content (AvgIpc) is 3.35. The van der Waals surface area contributed by atoms with Gasteiger partial charge in [-0.3, -0.25) is 14.4 Å². The third-order valence-electron chi connectivity index (χ3n) is 7.36. The van der Waals surface area contributed by atoms with Gasteiger partial charge in [0.2, 0.25) is 17.6 Å². The molecule has 1 saturated heterocycles. The van der Waals surface area contributed by atoms with E-state index in [4.69, 9.17) is 28.9 Å². The van der Waals surface area contributed by atoms with E-state index >= 15 is 4.39 Å². The smallest absolute Gasteiger partial charge is 0.286 e. The van der Waals surface area contributed by atoms with E-state index in [2.05, 4.69) is 25.9 Å². The van der Waals surface area contributed by atoms with Gasteiger partial charge in [-0.25, -0.2) is 14.4 Å². The molecule has 0 saturated carbocycles. The second-order valence-electron chi connectivity index (χ2n) is 11.2. The van der Waals surface area contributed by atoms with Crippen molar-refractivity contribution in [2.24, 2.45) is 11.1 Å². The Labute approximate surface area is 240 Å². The third-order valence-corrected chi connectivity index (χ3v) is 7.89. The summed E-state index contributed by atoms with van der Waals surface area (Å²) in [4.78, 5) is 47.1. The highest BCUT2D eigenvalue weighted by Crippen LogP contribution is 2.57. The highest BCUT2D eigenvalue weighted by Gasteiger charge is 2.66. The standard InChI is InChI=1S/C28H27Cl2FN6O3/c1-27(2,3)10-19-28(16-8-7-13(29)9-18(16)36-26(28)40)20(15-5-4-6-17(30)21(15)31)22(37-19)25(39)35-14-11-33-24(23(32)38)34-12-14/h4-9,11-12,19-20,22,37H,10H2,1-3H3,(H2,32,38)(H,35,39)(H,36,40)/t19-,20-,22+,28+/m0/s1. The first-order valence-corrected chi connectivity index (χ1v) is 13.3. The van der Waals surface area contributed by atoms with Crippen molar-refractivity contribution in [3.8, 4) is 0 Å². The van der Waals surface area contributed by atoms with Gasteiger partial charge in [-0.15, -0.1) is 0 Å². The highest BCUT2D eigenvalue weighted by atomic mass is 35.5. The Bertz CT molecular complexity index is 1530. The van der Waals surface area contributed by atoms with Gasteiger partial charge >= 0.3 is 0 Å². The molecule has 5 N–H and O–H groups in total. The molecule has 5 rings (SSSR count). The van der Waals surface area contributed by atoms with Crippen LogP contribution in [0.3, 0.4) is 0 Å². The van der Waals surface area contributed by atoms with E-state index < -0.39 is 41.0 Å². The minimum atomic E-state index is -1.38. The molecule has 4 atom stereocenters. The van der Waals surface area contributed by atoms with E-state index in [9.17, 15) is 14.4 Å². The highest BCUT2D eigenvalue weighted by molar-refractivity contribution is 6.31. The Morgan fingerprint density at radius 1 is 1.15 bits per heavy atom. The van der Waals surface area contributed by atoms with Gasteiger partial charge < -0.3 is 21.7 Å². The van der Waals surface area contributed by atoms with Crippen molar-refractivity contribution >= 4 is 52.3 Å². The number of hydrogen-bond acceptors (Lipinski definition) is 6. The molecule has 12 heteroatoms. The SMILES string of the molecule is CC(C)(C)C[C@@H]1N[C@@H](C(=O)Nc2cnc(C(N)=O)nc2)[C@H](c2cccc(Cl)c2F)[C@]12C(=O)Nc1cc(Cl)ccc12. The van der Waals surface area contributed by atoms with Crippen LogP contribution in [0, 0.1) is 11.2 Å². The van der Waals surface area contributed by atoms with Crippen LogP contribution in [0.2, 0.25) is 10.0 Å². The second kappa shape index (κ2) is 10.1. The number of carbonyl (C=O) groups is 3. The van der Waals surface area contributed by atoms with E-state index in [1.807, 2.05) is 20.8 Å². The van der Waals surface area contributed by atoms with Crippen LogP contribution in [0.1, 0.15) is 54.9 Å². The van der Waals surface area contributed by atoms with E-state index in [1.54, 1.807) is 30.3 Å². The summed E-state index contributed by atoms with van der Waals surface area (Å²) < 4.78 is 15.8. The van der Waals surface area contributed by atoms with Crippen molar-refractivity contribution in [2.75, 3.05) is 10.6 Å². The van der Waals surface area contributed by atoms with Gasteiger partial charge in [0, 0.05) is 22.7 Å². The molecule has 2 aliphatic heterocycles. The number of nitrogens with zero attached hydrogens (tertiary/aromatic N) is 2. The first kappa shape index (κ1) is 27.9. The number of carbonyl (C=O) groups excluding carboxylic acids is 3. The molecule has 0 aliphatic carbocycles. The van der Waals surface area contributed by atoms with Crippen LogP contribution in [0.25, 0.3) is 0 Å². The molecule has 0 radical (unpaired) electrons. The summed E-state index contributed by atoms with van der Waals surface area (Å²) in [5.74, 6) is -3.67. The minimum absolute atomic E-state index is 0.120. The van der Waals surface area contributed by atoms with Gasteiger partial charge in [0.15, 0.2) is 0 Å². The lowest BCUT2D eigenvalue weighted by molar-refractivity contribution is -0.122. The third kappa shape index (κ3) is 4.70. The molecular weight excluding hydrogens is 558 g/mol. The lowest BCUT2D eigenvalue weighted by atomic mass is 9.62. The van der Waals surface area contributed by atoms with Crippen LogP contribution in [-0.2, 0) is 15.0 Å². The van der Waals surface area contributed by atoms with Gasteiger partial charge in [0.25, 0.3) is 5.91 Å². The zero-order valence-electron chi connectivity index (χ0n) is 21.9. The molecule has 208 valence electrons. The number of rotatable bonds is 5. The zero-order chi connectivity index (χ0) is 29.0. The summed E-state index contributed by atoms with van der Waals surface area (Å²) in [7, 11) is 0. The first-order chi connectivity index (χ1) is 18.8. The normalized spacial score (nSPS) is 23.6. The molecule has 3 aromatic rings. The summed E-state index contributed by atoms with van der Waals surface area (Å²) in [6.45, 7) is 6.08. The quantitative estimate of drug-likeness (QED) is 0.350. The number of benzene rings is 2. The Morgan fingerprint density at radius 3 is 2.50 bits per heavy atom. The number of fused-ring (bicyclic) bond motifs is 2. The van der Waals surface area contributed by atoms with Gasteiger partial charge in [0.1, 0.15) is 11.2 Å². The van der Waals surface area contributed by atoms with Crippen LogP contribution in [0.15, 0.2) is 48.8 Å². The summed E-state index contributed by atoms with van der Waals surface area (Å²) in [5.41, 5.74) is 4.98. The molecule has 1 spiro atoms. The molecule has 2 aromatic carbocycles. The molecule has 0 bridgehead atoms. The Hall–Kier alpha value is -3.60. The number of hydrogen-bond donors (Lipinski definition) is 4. The Kier molecular flexibility index (Phi) is 7.06. The van der Waals surface area contributed by atoms with Gasteiger partial charge in [-0.2, -0.15) is 0 Å². The molecular formula is C28H27Cl2FN6O3. The van der Waals surface area contributed by atoms with Crippen molar-refractivity contribution in [3.05, 3.63) is 81.6 Å². The van der Waals surface area contributed by atoms with Gasteiger partial charge in [0.05, 0.1) is 29.1 Å². The lowest BCUT2D eigenvalue weighted by Crippen LogP contribution is -2.49. The number of halogens is 3. The molecule has 2 aliphatic rings. The minimum Gasteiger partial charge on any atom is -0.363 e. The monoisotopic (exact) mass is 584 g/mol. The largest absolute Gasteiger partial charge is 0.363 e. The summed E-state index contributed by atoms with van der Waals surface area (Å²) >= 11 is 12.5. The summed E-state index contributed by atoms with van der Waals surface area (Å²) in [6.07, 6.45) is 2.97. The number of primary amides is 1. The van der Waals surface area contributed by atoms with Crippen molar-refractivity contribution in [2.45, 2.75) is 50.6 Å². The number of anilines is 2. The summed E-state index contributed by atoms with van der Waals surface area (Å²) in [6, 6.07) is 7.95. The maximum Gasteiger partial charge on any atom is 0.286 e. The van der Waals surface area contributed by atoms with Crippen LogP contribution in [-0.4, -0.2) is 39.8 Å². The predicted octanol–water partition coefficient (Wildman–Crippen LogP) is 4.41. The maximum atomic E-state index is 15.8. The average molecular weight is 585 g/mol. The molecule has 1 aromatic heterocycles. The van der Waals surface area contributed by atoms with E-state index in [0.717, 1.165) is 0 Å². The Balaban J connectivity index is 1.69. The fraction of sp³-hybridized carbons (Fsp3) is 0.321. The number of aromatic nitrogens is 2. The van der Waals surface area contributed by atoms with Crippen LogP contribution < -0.4 is 21.7 Å². The van der Waals surface area contributed by atoms with Gasteiger partial charge in [-0.05, 0) is 41.2 Å².